The SMILES string of the molecule is CCc1c(N)[nH]c2ccc[n+](CC3=C(C(=O)O)N4C(=O)[C@@H](NC(=O)/C(=N\O[C@@H](C)C(=O)O)c5nc(N)sc5Cl)C4SC3)c12. The fraction of sp³-hybridized carbons (Fsp3) is 0.320. The average Bonchev–Trinajstić information content (AvgIpc) is 3.47. The van der Waals surface area contributed by atoms with Crippen LogP contribution in [-0.4, -0.2) is 77.8 Å². The number of aryl methyl sites for hydroxylation is 1. The molecular formula is C25H26ClN8O7S2+. The lowest BCUT2D eigenvalue weighted by atomic mass is 10.0. The van der Waals surface area contributed by atoms with E-state index in [1.165, 1.54) is 18.7 Å². The fourth-order valence-corrected chi connectivity index (χ4v) is 7.14. The number of nitrogens with zero attached hydrogens (tertiary/aromatic N) is 4. The highest BCUT2D eigenvalue weighted by molar-refractivity contribution is 8.00. The Bertz CT molecular complexity index is 1740. The molecule has 2 aliphatic heterocycles. The number of oxime groups is 1. The molecule has 1 saturated heterocycles. The molecule has 3 aromatic rings. The van der Waals surface area contributed by atoms with Crippen LogP contribution >= 0.6 is 34.7 Å². The second kappa shape index (κ2) is 11.7. The van der Waals surface area contributed by atoms with Crippen molar-refractivity contribution < 1.29 is 38.8 Å². The van der Waals surface area contributed by atoms with Gasteiger partial charge in [-0.1, -0.05) is 35.0 Å². The maximum absolute atomic E-state index is 13.3. The molecule has 226 valence electrons. The summed E-state index contributed by atoms with van der Waals surface area (Å²) >= 11 is 8.31. The van der Waals surface area contributed by atoms with E-state index in [4.69, 9.17) is 33.0 Å². The van der Waals surface area contributed by atoms with Crippen LogP contribution in [0.3, 0.4) is 0 Å². The van der Waals surface area contributed by atoms with Crippen molar-refractivity contribution in [3.8, 4) is 0 Å². The number of thiazole rings is 1. The lowest BCUT2D eigenvalue weighted by molar-refractivity contribution is -0.663. The third kappa shape index (κ3) is 5.46. The number of aromatic amines is 1. The van der Waals surface area contributed by atoms with Crippen molar-refractivity contribution in [2.75, 3.05) is 17.2 Å². The number of halogens is 1. The van der Waals surface area contributed by atoms with Crippen LogP contribution < -0.4 is 21.4 Å². The number of carboxylic acid groups (broad SMARTS) is 2. The predicted molar refractivity (Wildman–Crippen MR) is 158 cm³/mol. The summed E-state index contributed by atoms with van der Waals surface area (Å²) in [6.07, 6.45) is 1.07. The fourth-order valence-electron chi connectivity index (χ4n) is 4.88. The summed E-state index contributed by atoms with van der Waals surface area (Å²) in [4.78, 5) is 63.4. The van der Waals surface area contributed by atoms with Crippen molar-refractivity contribution in [1.29, 1.82) is 0 Å². The van der Waals surface area contributed by atoms with E-state index in [9.17, 15) is 24.3 Å². The Balaban J connectivity index is 1.41. The Morgan fingerprint density at radius 1 is 1.37 bits per heavy atom. The summed E-state index contributed by atoms with van der Waals surface area (Å²) < 4.78 is 1.89. The van der Waals surface area contributed by atoms with Crippen LogP contribution in [0, 0.1) is 0 Å². The number of nitrogens with one attached hydrogen (secondary N) is 2. The summed E-state index contributed by atoms with van der Waals surface area (Å²) in [6, 6.07) is 2.58. The van der Waals surface area contributed by atoms with Gasteiger partial charge in [0.1, 0.15) is 38.5 Å². The molecule has 0 spiro atoms. The number of fused-ring (bicyclic) bond motifs is 2. The number of aromatic nitrogens is 3. The molecular weight excluding hydrogens is 624 g/mol. The molecule has 1 fully saturated rings. The molecule has 18 heteroatoms. The molecule has 3 aromatic heterocycles. The van der Waals surface area contributed by atoms with Gasteiger partial charge < -0.3 is 36.8 Å². The molecule has 0 bridgehead atoms. The molecule has 5 rings (SSSR count). The molecule has 2 amide bonds. The highest BCUT2D eigenvalue weighted by Crippen LogP contribution is 2.40. The van der Waals surface area contributed by atoms with Crippen LogP contribution in [-0.2, 0) is 37.0 Å². The maximum Gasteiger partial charge on any atom is 0.352 e. The van der Waals surface area contributed by atoms with Gasteiger partial charge in [0, 0.05) is 17.4 Å². The molecule has 15 nitrogen and oxygen atoms in total. The number of pyridine rings is 1. The van der Waals surface area contributed by atoms with Crippen LogP contribution in [0.2, 0.25) is 4.34 Å². The Kier molecular flexibility index (Phi) is 8.22. The molecule has 0 aliphatic carbocycles. The van der Waals surface area contributed by atoms with E-state index in [0.717, 1.165) is 32.8 Å². The van der Waals surface area contributed by atoms with Crippen LogP contribution in [0.1, 0.15) is 25.1 Å². The average molecular weight is 650 g/mol. The van der Waals surface area contributed by atoms with Gasteiger partial charge in [0.15, 0.2) is 23.6 Å². The Labute approximate surface area is 256 Å². The summed E-state index contributed by atoms with van der Waals surface area (Å²) in [5.41, 5.74) is 14.1. The number of hydrogen-bond donors (Lipinski definition) is 6. The number of carbonyl (C=O) groups is 4. The van der Waals surface area contributed by atoms with Crippen LogP contribution in [0.25, 0.3) is 11.0 Å². The van der Waals surface area contributed by atoms with E-state index >= 15 is 0 Å². The number of aliphatic carboxylic acids is 2. The van der Waals surface area contributed by atoms with Crippen LogP contribution in [0.15, 0.2) is 34.8 Å². The van der Waals surface area contributed by atoms with Gasteiger partial charge >= 0.3 is 11.9 Å². The van der Waals surface area contributed by atoms with Gasteiger partial charge in [-0.05, 0) is 19.4 Å². The number of H-pyrrole nitrogens is 1. The zero-order valence-electron chi connectivity index (χ0n) is 22.7. The van der Waals surface area contributed by atoms with Gasteiger partial charge in [0.05, 0.1) is 5.56 Å². The quantitative estimate of drug-likeness (QED) is 0.0782. The standard InChI is InChI=1S/C25H25ClN8O7S2/c1-3-11-17-12(29-19(11)27)5-4-6-33(17)7-10-8-42-22-15(21(36)34(22)16(10)24(39)40)30-20(35)14(32-41-9(2)23(37)38)13-18(26)43-25(28)31-13/h4-6,9,15,22H,3,7-8H2,1-2H3,(H7,27,28,29,30,31,35,37,38,39,40)/p+1/b32-14-/t9-,15+,22?/m0/s1. The molecule has 1 unspecified atom stereocenters. The van der Waals surface area contributed by atoms with Crippen molar-refractivity contribution >= 4 is 86.1 Å². The maximum atomic E-state index is 13.3. The Morgan fingerprint density at radius 3 is 2.74 bits per heavy atom. The molecule has 2 aliphatic rings. The van der Waals surface area contributed by atoms with Crippen molar-refractivity contribution in [2.45, 2.75) is 44.3 Å². The molecule has 0 aromatic carbocycles. The zero-order chi connectivity index (χ0) is 31.2. The smallest absolute Gasteiger partial charge is 0.352 e. The highest BCUT2D eigenvalue weighted by Gasteiger charge is 2.55. The summed E-state index contributed by atoms with van der Waals surface area (Å²) in [5.74, 6) is -3.39. The summed E-state index contributed by atoms with van der Waals surface area (Å²) in [5, 5.41) is 24.7. The second-order valence-corrected chi connectivity index (χ2v) is 12.3. The third-order valence-electron chi connectivity index (χ3n) is 6.89. The largest absolute Gasteiger partial charge is 0.478 e. The van der Waals surface area contributed by atoms with Crippen molar-refractivity contribution in [2.24, 2.45) is 5.16 Å². The van der Waals surface area contributed by atoms with Gasteiger partial charge in [-0.2, -0.15) is 4.57 Å². The molecule has 5 heterocycles. The minimum atomic E-state index is -1.41. The summed E-state index contributed by atoms with van der Waals surface area (Å²) in [6.45, 7) is 3.37. The van der Waals surface area contributed by atoms with E-state index in [0.29, 0.717) is 17.8 Å². The Morgan fingerprint density at radius 2 is 2.12 bits per heavy atom. The lowest BCUT2D eigenvalue weighted by Crippen LogP contribution is -2.71. The van der Waals surface area contributed by atoms with Gasteiger partial charge in [0.25, 0.3) is 11.8 Å². The van der Waals surface area contributed by atoms with E-state index in [-0.39, 0.29) is 33.2 Å². The normalized spacial score (nSPS) is 19.2. The number of hydrogen-bond acceptors (Lipinski definition) is 11. The monoisotopic (exact) mass is 649 g/mol. The third-order valence-corrected chi connectivity index (χ3v) is 9.32. The number of anilines is 2. The van der Waals surface area contributed by atoms with Gasteiger partial charge in [0.2, 0.25) is 11.6 Å². The predicted octanol–water partition coefficient (Wildman–Crippen LogP) is 0.925. The number of nitrogen functional groups attached to an aromatic ring is 2. The topological polar surface area (TPSA) is 230 Å². The van der Waals surface area contributed by atoms with E-state index in [1.54, 1.807) is 0 Å². The van der Waals surface area contributed by atoms with Crippen molar-refractivity contribution in [3.63, 3.8) is 0 Å². The van der Waals surface area contributed by atoms with Crippen LogP contribution in [0.5, 0.6) is 0 Å². The first kappa shape index (κ1) is 30.1. The van der Waals surface area contributed by atoms with E-state index in [2.05, 4.69) is 20.4 Å². The minimum absolute atomic E-state index is 0.00440. The lowest BCUT2D eigenvalue weighted by Gasteiger charge is -2.49. The molecule has 43 heavy (non-hydrogen) atoms. The van der Waals surface area contributed by atoms with Crippen molar-refractivity contribution in [3.05, 3.63) is 45.2 Å². The van der Waals surface area contributed by atoms with E-state index in [1.807, 2.05) is 29.8 Å². The summed E-state index contributed by atoms with van der Waals surface area (Å²) in [7, 11) is 0. The number of amides is 2. The number of nitrogens with two attached hydrogens (primary N) is 2. The number of thioether (sulfide) groups is 1. The highest BCUT2D eigenvalue weighted by atomic mass is 35.5. The molecule has 3 atom stereocenters. The Hall–Kier alpha value is -4.35. The number of rotatable bonds is 10. The number of carbonyl (C=O) groups excluding carboxylic acids is 2. The molecule has 0 saturated carbocycles. The molecule has 0 radical (unpaired) electrons. The first-order chi connectivity index (χ1) is 20.4. The van der Waals surface area contributed by atoms with Crippen molar-refractivity contribution in [1.82, 2.24) is 20.2 Å². The van der Waals surface area contributed by atoms with Gasteiger partial charge in [-0.15, -0.1) is 11.8 Å². The first-order valence-corrected chi connectivity index (χ1v) is 15.0. The zero-order valence-corrected chi connectivity index (χ0v) is 25.0. The number of carboxylic acids is 2. The van der Waals surface area contributed by atoms with Crippen LogP contribution in [0.4, 0.5) is 10.9 Å². The molecule has 8 N–H and O–H groups in total. The number of β-lactam (4-membered cyclic amide) rings is 1. The second-order valence-electron chi connectivity index (χ2n) is 9.59. The van der Waals surface area contributed by atoms with Gasteiger partial charge in [-0.25, -0.2) is 14.6 Å². The first-order valence-electron chi connectivity index (χ1n) is 12.8. The van der Waals surface area contributed by atoms with E-state index < -0.39 is 47.0 Å². The van der Waals surface area contributed by atoms with Gasteiger partial charge in [-0.3, -0.25) is 14.5 Å². The minimum Gasteiger partial charge on any atom is -0.478 e.